The van der Waals surface area contributed by atoms with E-state index in [1.807, 2.05) is 6.07 Å². The first-order valence-corrected chi connectivity index (χ1v) is 10.8. The number of thiophene rings is 1. The Kier molecular flexibility index (Phi) is 4.34. The Morgan fingerprint density at radius 3 is 2.70 bits per heavy atom. The highest BCUT2D eigenvalue weighted by molar-refractivity contribution is 7.17. The summed E-state index contributed by atoms with van der Waals surface area (Å²) in [5, 5.41) is 7.43. The molecule has 0 bridgehead atoms. The van der Waals surface area contributed by atoms with Gasteiger partial charge in [0.2, 0.25) is 0 Å². The predicted molar refractivity (Wildman–Crippen MR) is 123 cm³/mol. The Hall–Kier alpha value is -4.31. The standard InChI is InChI=1S/C23H14FN7OS/c1-11(32)15-4-5-16(33-15)21-20-13(6-8-26-21)28-23(29-20)22-17-14(30-31-22)10-27-19(18(17)24)12-3-2-7-25-9-12/h2-10H,1H3,(H,28,29)(H,30,31). The van der Waals surface area contributed by atoms with Crippen molar-refractivity contribution in [1.29, 1.82) is 0 Å². The van der Waals surface area contributed by atoms with E-state index < -0.39 is 5.82 Å². The maximum atomic E-state index is 15.6. The SMILES string of the molecule is CC(=O)c1ccc(-c2nccc3[nH]c(-c4n[nH]c5cnc(-c6cccnc6)c(F)c45)nc23)s1. The van der Waals surface area contributed by atoms with E-state index in [0.717, 1.165) is 10.4 Å². The topological polar surface area (TPSA) is 113 Å². The molecule has 6 heterocycles. The van der Waals surface area contributed by atoms with Crippen molar-refractivity contribution in [3.05, 3.63) is 65.8 Å². The van der Waals surface area contributed by atoms with Gasteiger partial charge in [0.25, 0.3) is 0 Å². The van der Waals surface area contributed by atoms with Crippen LogP contribution in [-0.2, 0) is 0 Å². The van der Waals surface area contributed by atoms with E-state index in [1.165, 1.54) is 18.3 Å². The van der Waals surface area contributed by atoms with Crippen LogP contribution in [0.5, 0.6) is 0 Å². The summed E-state index contributed by atoms with van der Waals surface area (Å²) in [7, 11) is 0. The van der Waals surface area contributed by atoms with Crippen LogP contribution in [0, 0.1) is 5.82 Å². The zero-order valence-corrected chi connectivity index (χ0v) is 17.9. The van der Waals surface area contributed by atoms with E-state index in [1.54, 1.807) is 49.1 Å². The van der Waals surface area contributed by atoms with Crippen LogP contribution in [0.25, 0.3) is 55.3 Å². The number of ketones is 1. The zero-order chi connectivity index (χ0) is 22.5. The highest BCUT2D eigenvalue weighted by Gasteiger charge is 2.21. The van der Waals surface area contributed by atoms with E-state index in [9.17, 15) is 4.79 Å². The van der Waals surface area contributed by atoms with Crippen molar-refractivity contribution >= 4 is 39.1 Å². The van der Waals surface area contributed by atoms with Gasteiger partial charge in [0, 0.05) is 24.2 Å². The van der Waals surface area contributed by atoms with Gasteiger partial charge in [0.15, 0.2) is 17.4 Å². The monoisotopic (exact) mass is 455 g/mol. The van der Waals surface area contributed by atoms with E-state index in [4.69, 9.17) is 4.98 Å². The molecule has 0 aliphatic heterocycles. The maximum Gasteiger partial charge on any atom is 0.169 e. The van der Waals surface area contributed by atoms with Crippen molar-refractivity contribution in [2.75, 3.05) is 0 Å². The second kappa shape index (κ2) is 7.38. The van der Waals surface area contributed by atoms with Crippen molar-refractivity contribution in [1.82, 2.24) is 35.1 Å². The molecule has 10 heteroatoms. The van der Waals surface area contributed by atoms with Crippen molar-refractivity contribution < 1.29 is 9.18 Å². The molecule has 33 heavy (non-hydrogen) atoms. The number of aromatic nitrogens is 7. The number of hydrogen-bond acceptors (Lipinski definition) is 7. The molecule has 6 rings (SSSR count). The van der Waals surface area contributed by atoms with Crippen LogP contribution in [0.3, 0.4) is 0 Å². The highest BCUT2D eigenvalue weighted by Crippen LogP contribution is 2.35. The first-order chi connectivity index (χ1) is 16.1. The number of pyridine rings is 3. The fraction of sp³-hybridized carbons (Fsp3) is 0.0435. The lowest BCUT2D eigenvalue weighted by Gasteiger charge is -2.03. The summed E-state index contributed by atoms with van der Waals surface area (Å²) >= 11 is 1.36. The lowest BCUT2D eigenvalue weighted by molar-refractivity contribution is 0.102. The van der Waals surface area contributed by atoms with Crippen LogP contribution < -0.4 is 0 Å². The number of fused-ring (bicyclic) bond motifs is 2. The van der Waals surface area contributed by atoms with Gasteiger partial charge in [0.05, 0.1) is 32.4 Å². The smallest absolute Gasteiger partial charge is 0.169 e. The van der Waals surface area contributed by atoms with Gasteiger partial charge in [-0.1, -0.05) is 0 Å². The number of halogens is 1. The molecule has 0 saturated carbocycles. The molecule has 0 amide bonds. The average molecular weight is 455 g/mol. The number of imidazole rings is 1. The van der Waals surface area contributed by atoms with Crippen LogP contribution in [0.4, 0.5) is 4.39 Å². The molecule has 0 unspecified atom stereocenters. The molecular weight excluding hydrogens is 441 g/mol. The van der Waals surface area contributed by atoms with E-state index in [2.05, 4.69) is 30.1 Å². The van der Waals surface area contributed by atoms with Crippen molar-refractivity contribution in [3.63, 3.8) is 0 Å². The Morgan fingerprint density at radius 1 is 1.00 bits per heavy atom. The minimum atomic E-state index is -0.507. The van der Waals surface area contributed by atoms with Gasteiger partial charge in [-0.2, -0.15) is 5.10 Å². The molecule has 2 N–H and O–H groups in total. The molecule has 160 valence electrons. The number of nitrogens with zero attached hydrogens (tertiary/aromatic N) is 5. The van der Waals surface area contributed by atoms with Gasteiger partial charge in [-0.3, -0.25) is 24.8 Å². The largest absolute Gasteiger partial charge is 0.336 e. The normalized spacial score (nSPS) is 11.5. The lowest BCUT2D eigenvalue weighted by Crippen LogP contribution is -1.92. The summed E-state index contributed by atoms with van der Waals surface area (Å²) in [6, 6.07) is 8.90. The number of carbonyl (C=O) groups is 1. The third-order valence-electron chi connectivity index (χ3n) is 5.29. The van der Waals surface area contributed by atoms with Gasteiger partial charge in [-0.05, 0) is 37.3 Å². The number of rotatable bonds is 4. The van der Waals surface area contributed by atoms with Gasteiger partial charge >= 0.3 is 0 Å². The third kappa shape index (κ3) is 3.11. The summed E-state index contributed by atoms with van der Waals surface area (Å²) in [6.45, 7) is 1.53. The summed E-state index contributed by atoms with van der Waals surface area (Å²) in [6.07, 6.45) is 6.39. The van der Waals surface area contributed by atoms with Gasteiger partial charge in [-0.15, -0.1) is 11.3 Å². The van der Waals surface area contributed by atoms with Crippen molar-refractivity contribution in [2.45, 2.75) is 6.92 Å². The molecule has 6 aromatic rings. The summed E-state index contributed by atoms with van der Waals surface area (Å²) in [4.78, 5) is 33.9. The van der Waals surface area contributed by atoms with Crippen LogP contribution in [0.2, 0.25) is 0 Å². The number of H-pyrrole nitrogens is 2. The highest BCUT2D eigenvalue weighted by atomic mass is 32.1. The minimum absolute atomic E-state index is 0.00219. The van der Waals surface area contributed by atoms with Crippen molar-refractivity contribution in [2.24, 2.45) is 0 Å². The predicted octanol–water partition coefficient (Wildman–Crippen LogP) is 5.03. The van der Waals surface area contributed by atoms with Crippen LogP contribution in [0.15, 0.2) is 55.1 Å². The third-order valence-corrected chi connectivity index (χ3v) is 6.48. The van der Waals surface area contributed by atoms with E-state index in [-0.39, 0.29) is 16.9 Å². The maximum absolute atomic E-state index is 15.6. The molecular formula is C23H14FN7OS. The Bertz CT molecular complexity index is 1670. The van der Waals surface area contributed by atoms with Gasteiger partial charge in [0.1, 0.15) is 22.6 Å². The Morgan fingerprint density at radius 2 is 1.91 bits per heavy atom. The average Bonchev–Trinajstić information content (AvgIpc) is 3.57. The number of Topliss-reactive ketones (excluding diaryl/α,β-unsaturated/α-hetero) is 1. The fourth-order valence-electron chi connectivity index (χ4n) is 3.73. The van der Waals surface area contributed by atoms with Gasteiger partial charge in [-0.25, -0.2) is 9.37 Å². The summed E-state index contributed by atoms with van der Waals surface area (Å²) in [5.41, 5.74) is 3.54. The van der Waals surface area contributed by atoms with E-state index in [0.29, 0.717) is 38.7 Å². The van der Waals surface area contributed by atoms with E-state index >= 15 is 4.39 Å². The molecule has 6 aromatic heterocycles. The lowest BCUT2D eigenvalue weighted by atomic mass is 10.1. The molecule has 0 saturated heterocycles. The molecule has 0 aliphatic rings. The van der Waals surface area contributed by atoms with Crippen LogP contribution in [0.1, 0.15) is 16.6 Å². The molecule has 0 radical (unpaired) electrons. The molecule has 0 aliphatic carbocycles. The Labute approximate surface area is 189 Å². The second-order valence-electron chi connectivity index (χ2n) is 7.38. The first-order valence-electron chi connectivity index (χ1n) is 9.99. The molecule has 0 atom stereocenters. The molecule has 0 aromatic carbocycles. The second-order valence-corrected chi connectivity index (χ2v) is 8.47. The minimum Gasteiger partial charge on any atom is -0.336 e. The fourth-order valence-corrected chi connectivity index (χ4v) is 4.63. The zero-order valence-electron chi connectivity index (χ0n) is 17.1. The number of hydrogen-bond donors (Lipinski definition) is 2. The van der Waals surface area contributed by atoms with Crippen LogP contribution in [-0.4, -0.2) is 40.9 Å². The molecule has 8 nitrogen and oxygen atoms in total. The quantitative estimate of drug-likeness (QED) is 0.361. The molecule has 0 fully saturated rings. The van der Waals surface area contributed by atoms with Crippen molar-refractivity contribution in [3.8, 4) is 33.3 Å². The van der Waals surface area contributed by atoms with Gasteiger partial charge < -0.3 is 4.98 Å². The summed E-state index contributed by atoms with van der Waals surface area (Å²) in [5.74, 6) is -0.110. The number of aromatic amines is 2. The summed E-state index contributed by atoms with van der Waals surface area (Å²) < 4.78 is 15.6. The number of nitrogens with one attached hydrogen (secondary N) is 2. The molecule has 0 spiro atoms. The Balaban J connectivity index is 1.52. The number of carbonyl (C=O) groups excluding carboxylic acids is 1. The first kappa shape index (κ1) is 19.4. The van der Waals surface area contributed by atoms with Crippen LogP contribution >= 0.6 is 11.3 Å².